The summed E-state index contributed by atoms with van der Waals surface area (Å²) in [5.41, 5.74) is 3.53. The van der Waals surface area contributed by atoms with Crippen LogP contribution >= 0.6 is 0 Å². The number of aromatic nitrogens is 4. The summed E-state index contributed by atoms with van der Waals surface area (Å²) in [5.74, 6) is 0.623. The lowest BCUT2D eigenvalue weighted by Gasteiger charge is -2.22. The van der Waals surface area contributed by atoms with Crippen molar-refractivity contribution in [2.75, 3.05) is 13.2 Å². The topological polar surface area (TPSA) is 97.5 Å². The quantitative estimate of drug-likeness (QED) is 0.755. The Hall–Kier alpha value is -3.13. The van der Waals surface area contributed by atoms with Crippen LogP contribution in [0, 0.1) is 0 Å². The normalized spacial score (nSPS) is 17.4. The molecule has 1 N–H and O–H groups in total. The van der Waals surface area contributed by atoms with Crippen LogP contribution < -0.4 is 5.56 Å². The van der Waals surface area contributed by atoms with Gasteiger partial charge in [0.2, 0.25) is 0 Å². The van der Waals surface area contributed by atoms with Crippen LogP contribution in [0.2, 0.25) is 0 Å². The van der Waals surface area contributed by atoms with Crippen LogP contribution in [0.1, 0.15) is 42.3 Å². The zero-order chi connectivity index (χ0) is 18.9. The average molecular weight is 376 g/mol. The van der Waals surface area contributed by atoms with Crippen molar-refractivity contribution in [2.45, 2.75) is 31.7 Å². The van der Waals surface area contributed by atoms with Crippen molar-refractivity contribution in [1.82, 2.24) is 19.7 Å². The van der Waals surface area contributed by atoms with Gasteiger partial charge in [-0.15, -0.1) is 0 Å². The summed E-state index contributed by atoms with van der Waals surface area (Å²) in [6.07, 6.45) is 6.39. The van der Waals surface area contributed by atoms with Gasteiger partial charge in [0.05, 0.1) is 18.0 Å². The summed E-state index contributed by atoms with van der Waals surface area (Å²) in [4.78, 5) is 20.3. The van der Waals surface area contributed by atoms with Crippen LogP contribution in [0.3, 0.4) is 0 Å². The molecule has 0 radical (unpaired) electrons. The number of fused-ring (bicyclic) bond motifs is 1. The molecule has 1 saturated heterocycles. The van der Waals surface area contributed by atoms with Crippen LogP contribution in [0.15, 0.2) is 45.5 Å². The van der Waals surface area contributed by atoms with Gasteiger partial charge in [-0.05, 0) is 18.4 Å². The number of hydrogen-bond acceptors (Lipinski definition) is 6. The van der Waals surface area contributed by atoms with E-state index in [0.29, 0.717) is 36.5 Å². The number of nitrogens with one attached hydrogen (secondary N) is 1. The Kier molecular flexibility index (Phi) is 4.32. The van der Waals surface area contributed by atoms with E-state index in [1.807, 2.05) is 28.9 Å². The summed E-state index contributed by atoms with van der Waals surface area (Å²) in [5, 5.41) is 13.2. The van der Waals surface area contributed by atoms with E-state index in [4.69, 9.17) is 9.72 Å². The Morgan fingerprint density at radius 2 is 2.07 bits per heavy atom. The number of nitrogens with zero attached hydrogens (tertiary/aromatic N) is 5. The van der Waals surface area contributed by atoms with Crippen molar-refractivity contribution in [1.29, 1.82) is 0 Å². The molecule has 4 heterocycles. The zero-order valence-electron chi connectivity index (χ0n) is 15.3. The highest BCUT2D eigenvalue weighted by molar-refractivity contribution is 6.10. The van der Waals surface area contributed by atoms with Crippen molar-refractivity contribution >= 4 is 23.0 Å². The molecule has 5 rings (SSSR count). The first-order valence-electron chi connectivity index (χ1n) is 9.50. The molecular weight excluding hydrogens is 356 g/mol. The van der Waals surface area contributed by atoms with Crippen molar-refractivity contribution in [3.63, 3.8) is 0 Å². The van der Waals surface area contributed by atoms with Crippen LogP contribution in [0.5, 0.6) is 0 Å². The molecule has 0 aliphatic carbocycles. The van der Waals surface area contributed by atoms with Gasteiger partial charge in [0.1, 0.15) is 11.2 Å². The maximum atomic E-state index is 12.6. The molecule has 1 fully saturated rings. The van der Waals surface area contributed by atoms with Crippen LogP contribution in [-0.2, 0) is 11.2 Å². The highest BCUT2D eigenvalue weighted by atomic mass is 16.5. The number of benzene rings is 1. The molecule has 2 aromatic heterocycles. The Morgan fingerprint density at radius 1 is 1.21 bits per heavy atom. The lowest BCUT2D eigenvalue weighted by atomic mass is 9.99. The van der Waals surface area contributed by atoms with E-state index in [2.05, 4.69) is 20.3 Å². The number of rotatable bonds is 4. The van der Waals surface area contributed by atoms with E-state index >= 15 is 0 Å². The van der Waals surface area contributed by atoms with E-state index in [1.165, 1.54) is 0 Å². The van der Waals surface area contributed by atoms with E-state index in [9.17, 15) is 4.79 Å². The Balaban J connectivity index is 1.53. The van der Waals surface area contributed by atoms with Gasteiger partial charge in [0.15, 0.2) is 5.65 Å². The summed E-state index contributed by atoms with van der Waals surface area (Å²) < 4.78 is 7.33. The predicted octanol–water partition coefficient (Wildman–Crippen LogP) is 2.24. The maximum absolute atomic E-state index is 12.6. The van der Waals surface area contributed by atoms with Gasteiger partial charge in [-0.2, -0.15) is 15.3 Å². The number of hydrogen-bond donors (Lipinski definition) is 1. The molecule has 8 nitrogen and oxygen atoms in total. The Labute approximate surface area is 161 Å². The monoisotopic (exact) mass is 376 g/mol. The van der Waals surface area contributed by atoms with Gasteiger partial charge >= 0.3 is 0 Å². The highest BCUT2D eigenvalue weighted by Gasteiger charge is 2.21. The van der Waals surface area contributed by atoms with Crippen molar-refractivity contribution in [3.8, 4) is 0 Å². The van der Waals surface area contributed by atoms with Crippen LogP contribution in [-0.4, -0.2) is 44.9 Å². The van der Waals surface area contributed by atoms with Crippen molar-refractivity contribution in [3.05, 3.63) is 57.8 Å². The fraction of sp³-hybridized carbons (Fsp3) is 0.350. The molecule has 0 saturated carbocycles. The predicted molar refractivity (Wildman–Crippen MR) is 106 cm³/mol. The third kappa shape index (κ3) is 3.05. The molecule has 3 aromatic rings. The zero-order valence-corrected chi connectivity index (χ0v) is 15.3. The molecule has 0 spiro atoms. The summed E-state index contributed by atoms with van der Waals surface area (Å²) in [6.45, 7) is 1.42. The van der Waals surface area contributed by atoms with Gasteiger partial charge in [-0.25, -0.2) is 9.67 Å². The summed E-state index contributed by atoms with van der Waals surface area (Å²) in [6, 6.07) is 8.25. The fourth-order valence-electron chi connectivity index (χ4n) is 3.84. The van der Waals surface area contributed by atoms with Crippen molar-refractivity contribution in [2.24, 2.45) is 10.2 Å². The Morgan fingerprint density at radius 3 is 2.89 bits per heavy atom. The van der Waals surface area contributed by atoms with E-state index in [1.54, 1.807) is 12.4 Å². The SMILES string of the molecule is O=c1[nH]c(Cc2ccccc2C2=NN=CC2)nc2c1cnn2C1CCOCC1. The lowest BCUT2D eigenvalue weighted by Crippen LogP contribution is -2.21. The maximum Gasteiger partial charge on any atom is 0.262 e. The molecule has 0 atom stereocenters. The second-order valence-corrected chi connectivity index (χ2v) is 7.07. The lowest BCUT2D eigenvalue weighted by molar-refractivity contribution is 0.0673. The van der Waals surface area contributed by atoms with E-state index < -0.39 is 0 Å². The minimum Gasteiger partial charge on any atom is -0.381 e. The molecule has 8 heteroatoms. The molecule has 1 aromatic carbocycles. The highest BCUT2D eigenvalue weighted by Crippen LogP contribution is 2.23. The van der Waals surface area contributed by atoms with Crippen LogP contribution in [0.25, 0.3) is 11.0 Å². The van der Waals surface area contributed by atoms with Crippen LogP contribution in [0.4, 0.5) is 0 Å². The first-order chi connectivity index (χ1) is 13.8. The second kappa shape index (κ2) is 7.12. The number of H-pyrrole nitrogens is 1. The van der Waals surface area contributed by atoms with Gasteiger partial charge in [0, 0.05) is 37.8 Å². The standard InChI is InChI=1S/C20H20N6O2/c27-20-16-12-22-26(14-6-9-28-10-7-14)19(16)23-18(24-20)11-13-3-1-2-4-15(13)17-5-8-21-25-17/h1-4,8,12,14H,5-7,9-11H2,(H,23,24,27). The third-order valence-corrected chi connectivity index (χ3v) is 5.28. The minimum atomic E-state index is -0.155. The molecule has 0 amide bonds. The second-order valence-electron chi connectivity index (χ2n) is 7.07. The largest absolute Gasteiger partial charge is 0.381 e. The minimum absolute atomic E-state index is 0.155. The van der Waals surface area contributed by atoms with Gasteiger partial charge in [0.25, 0.3) is 5.56 Å². The first-order valence-corrected chi connectivity index (χ1v) is 9.50. The smallest absolute Gasteiger partial charge is 0.262 e. The molecular formula is C20H20N6O2. The third-order valence-electron chi connectivity index (χ3n) is 5.28. The molecule has 28 heavy (non-hydrogen) atoms. The first kappa shape index (κ1) is 17.0. The molecule has 142 valence electrons. The molecule has 0 unspecified atom stereocenters. The van der Waals surface area contributed by atoms with Crippen molar-refractivity contribution < 1.29 is 4.74 Å². The molecule has 2 aliphatic heterocycles. The fourth-order valence-corrected chi connectivity index (χ4v) is 3.84. The molecule has 2 aliphatic rings. The number of aromatic amines is 1. The van der Waals surface area contributed by atoms with E-state index in [0.717, 1.165) is 36.1 Å². The molecule has 0 bridgehead atoms. The number of ether oxygens (including phenoxy) is 1. The van der Waals surface area contributed by atoms with E-state index in [-0.39, 0.29) is 11.6 Å². The van der Waals surface area contributed by atoms with Gasteiger partial charge < -0.3 is 9.72 Å². The average Bonchev–Trinajstić information content (AvgIpc) is 3.39. The van der Waals surface area contributed by atoms with Gasteiger partial charge in [-0.1, -0.05) is 24.3 Å². The summed E-state index contributed by atoms with van der Waals surface area (Å²) >= 11 is 0. The summed E-state index contributed by atoms with van der Waals surface area (Å²) in [7, 11) is 0. The Bertz CT molecular complexity index is 1140. The van der Waals surface area contributed by atoms with Gasteiger partial charge in [-0.3, -0.25) is 4.79 Å².